The highest BCUT2D eigenvalue weighted by Crippen LogP contribution is 2.47. The summed E-state index contributed by atoms with van der Waals surface area (Å²) in [6.45, 7) is 2.10. The summed E-state index contributed by atoms with van der Waals surface area (Å²) >= 11 is 3.45. The Morgan fingerprint density at radius 1 is 1.33 bits per heavy atom. The van der Waals surface area contributed by atoms with Gasteiger partial charge in [0.1, 0.15) is 0 Å². The minimum Gasteiger partial charge on any atom is -0.349 e. The molecule has 0 spiro atoms. The second kappa shape index (κ2) is 6.09. The average Bonchev–Trinajstić information content (AvgIpc) is 3.06. The third-order valence-electron chi connectivity index (χ3n) is 5.28. The Kier molecular flexibility index (Phi) is 4.36. The first-order valence-electron chi connectivity index (χ1n) is 7.91. The molecule has 1 amide bonds. The monoisotopic (exact) mass is 350 g/mol. The fourth-order valence-electron chi connectivity index (χ4n) is 4.11. The van der Waals surface area contributed by atoms with E-state index in [1.807, 2.05) is 12.1 Å². The van der Waals surface area contributed by atoms with Crippen LogP contribution < -0.4 is 11.1 Å². The molecule has 21 heavy (non-hydrogen) atoms. The largest absolute Gasteiger partial charge is 0.349 e. The van der Waals surface area contributed by atoms with E-state index in [9.17, 15) is 4.79 Å². The van der Waals surface area contributed by atoms with Crippen molar-refractivity contribution < 1.29 is 4.79 Å². The smallest absolute Gasteiger partial charge is 0.225 e. The number of rotatable bonds is 4. The summed E-state index contributed by atoms with van der Waals surface area (Å²) in [5, 5.41) is 3.23. The number of fused-ring (bicyclic) bond motifs is 2. The van der Waals surface area contributed by atoms with Gasteiger partial charge < -0.3 is 11.1 Å². The summed E-state index contributed by atoms with van der Waals surface area (Å²) in [4.78, 5) is 12.7. The molecule has 2 saturated carbocycles. The first-order valence-corrected chi connectivity index (χ1v) is 8.71. The van der Waals surface area contributed by atoms with Crippen LogP contribution in [0.2, 0.25) is 0 Å². The van der Waals surface area contributed by atoms with Gasteiger partial charge in [-0.1, -0.05) is 35.0 Å². The van der Waals surface area contributed by atoms with Crippen molar-refractivity contribution in [3.8, 4) is 0 Å². The molecule has 114 valence electrons. The van der Waals surface area contributed by atoms with Crippen LogP contribution in [-0.4, -0.2) is 11.9 Å². The van der Waals surface area contributed by atoms with E-state index in [2.05, 4.69) is 40.3 Å². The maximum absolute atomic E-state index is 12.7. The first kappa shape index (κ1) is 15.0. The first-order chi connectivity index (χ1) is 10.1. The van der Waals surface area contributed by atoms with E-state index in [1.54, 1.807) is 0 Å². The van der Waals surface area contributed by atoms with Gasteiger partial charge in [-0.3, -0.25) is 4.79 Å². The maximum atomic E-state index is 12.7. The van der Waals surface area contributed by atoms with E-state index in [-0.39, 0.29) is 23.9 Å². The molecular formula is C17H23BrN2O. The molecule has 2 fully saturated rings. The van der Waals surface area contributed by atoms with Crippen molar-refractivity contribution in [1.29, 1.82) is 0 Å². The molecule has 1 aromatic carbocycles. The van der Waals surface area contributed by atoms with Crippen LogP contribution in [0.4, 0.5) is 0 Å². The van der Waals surface area contributed by atoms with E-state index in [4.69, 9.17) is 5.73 Å². The van der Waals surface area contributed by atoms with Crippen molar-refractivity contribution in [2.75, 3.05) is 0 Å². The summed E-state index contributed by atoms with van der Waals surface area (Å²) in [7, 11) is 0. The highest BCUT2D eigenvalue weighted by atomic mass is 79.9. The molecule has 3 rings (SSSR count). The van der Waals surface area contributed by atoms with Gasteiger partial charge in [0.2, 0.25) is 5.91 Å². The van der Waals surface area contributed by atoms with Gasteiger partial charge >= 0.3 is 0 Å². The quantitative estimate of drug-likeness (QED) is 0.874. The van der Waals surface area contributed by atoms with Crippen molar-refractivity contribution in [3.05, 3.63) is 34.3 Å². The zero-order chi connectivity index (χ0) is 15.0. The van der Waals surface area contributed by atoms with Gasteiger partial charge in [-0.05, 0) is 55.2 Å². The Hall–Kier alpha value is -0.870. The molecule has 0 aliphatic heterocycles. The van der Waals surface area contributed by atoms with E-state index >= 15 is 0 Å². The second-order valence-electron chi connectivity index (χ2n) is 6.46. The molecule has 1 aromatic rings. The Morgan fingerprint density at radius 2 is 2.00 bits per heavy atom. The van der Waals surface area contributed by atoms with Gasteiger partial charge in [0.15, 0.2) is 0 Å². The van der Waals surface area contributed by atoms with Gasteiger partial charge in [0.25, 0.3) is 0 Å². The maximum Gasteiger partial charge on any atom is 0.225 e. The Balaban J connectivity index is 1.69. The Labute approximate surface area is 134 Å². The number of halogens is 1. The van der Waals surface area contributed by atoms with Crippen LogP contribution in [-0.2, 0) is 4.79 Å². The molecule has 4 heteroatoms. The molecule has 3 N–H and O–H groups in total. The van der Waals surface area contributed by atoms with Crippen molar-refractivity contribution in [2.45, 2.75) is 44.7 Å². The third kappa shape index (κ3) is 2.88. The average molecular weight is 351 g/mol. The van der Waals surface area contributed by atoms with Crippen LogP contribution in [0, 0.1) is 17.8 Å². The van der Waals surface area contributed by atoms with Gasteiger partial charge in [-0.2, -0.15) is 0 Å². The predicted octanol–water partition coefficient (Wildman–Crippen LogP) is 3.39. The lowest BCUT2D eigenvalue weighted by Gasteiger charge is -2.29. The molecule has 5 unspecified atom stereocenters. The lowest BCUT2D eigenvalue weighted by atomic mass is 9.84. The molecule has 0 heterocycles. The van der Waals surface area contributed by atoms with Crippen LogP contribution in [0.5, 0.6) is 0 Å². The van der Waals surface area contributed by atoms with Crippen LogP contribution in [0.3, 0.4) is 0 Å². The van der Waals surface area contributed by atoms with E-state index in [0.29, 0.717) is 11.8 Å². The van der Waals surface area contributed by atoms with Gasteiger partial charge in [-0.25, -0.2) is 0 Å². The number of carbonyl (C=O) groups is 1. The third-order valence-corrected chi connectivity index (χ3v) is 5.81. The number of nitrogens with one attached hydrogen (secondary N) is 1. The molecule has 0 saturated heterocycles. The number of carbonyl (C=O) groups excluding carboxylic acids is 1. The molecule has 5 atom stereocenters. The van der Waals surface area contributed by atoms with Crippen LogP contribution in [0.1, 0.15) is 44.2 Å². The SMILES string of the molecule is CCC(NC(=O)C1C2CCC(C2)C1N)c1ccc(Br)cc1. The van der Waals surface area contributed by atoms with Gasteiger partial charge in [0, 0.05) is 10.5 Å². The zero-order valence-corrected chi connectivity index (χ0v) is 14.0. The lowest BCUT2D eigenvalue weighted by molar-refractivity contribution is -0.127. The molecule has 3 nitrogen and oxygen atoms in total. The molecule has 0 aromatic heterocycles. The fourth-order valence-corrected chi connectivity index (χ4v) is 4.37. The molecule has 2 aliphatic rings. The molecular weight excluding hydrogens is 328 g/mol. The molecule has 0 radical (unpaired) electrons. The number of benzene rings is 1. The van der Waals surface area contributed by atoms with Crippen molar-refractivity contribution in [1.82, 2.24) is 5.32 Å². The van der Waals surface area contributed by atoms with Gasteiger partial charge in [0.05, 0.1) is 12.0 Å². The fraction of sp³-hybridized carbons (Fsp3) is 0.588. The molecule has 2 aliphatic carbocycles. The van der Waals surface area contributed by atoms with Crippen molar-refractivity contribution in [3.63, 3.8) is 0 Å². The van der Waals surface area contributed by atoms with Crippen molar-refractivity contribution in [2.24, 2.45) is 23.5 Å². The summed E-state index contributed by atoms with van der Waals surface area (Å²) in [5.74, 6) is 1.25. The summed E-state index contributed by atoms with van der Waals surface area (Å²) in [5.41, 5.74) is 7.43. The van der Waals surface area contributed by atoms with Gasteiger partial charge in [-0.15, -0.1) is 0 Å². The normalized spacial score (nSPS) is 32.1. The van der Waals surface area contributed by atoms with Crippen LogP contribution in [0.15, 0.2) is 28.7 Å². The number of amides is 1. The van der Waals surface area contributed by atoms with Crippen molar-refractivity contribution >= 4 is 21.8 Å². The van der Waals surface area contributed by atoms with Crippen LogP contribution >= 0.6 is 15.9 Å². The predicted molar refractivity (Wildman–Crippen MR) is 87.6 cm³/mol. The van der Waals surface area contributed by atoms with E-state index < -0.39 is 0 Å². The second-order valence-corrected chi connectivity index (χ2v) is 7.37. The minimum absolute atomic E-state index is 0.0215. The Bertz CT molecular complexity index is 514. The minimum atomic E-state index is 0.0215. The molecule has 2 bridgehead atoms. The summed E-state index contributed by atoms with van der Waals surface area (Å²) < 4.78 is 1.06. The highest BCUT2D eigenvalue weighted by molar-refractivity contribution is 9.10. The summed E-state index contributed by atoms with van der Waals surface area (Å²) in [6.07, 6.45) is 4.42. The zero-order valence-electron chi connectivity index (χ0n) is 12.4. The van der Waals surface area contributed by atoms with E-state index in [1.165, 1.54) is 12.8 Å². The topological polar surface area (TPSA) is 55.1 Å². The van der Waals surface area contributed by atoms with Crippen LogP contribution in [0.25, 0.3) is 0 Å². The highest BCUT2D eigenvalue weighted by Gasteiger charge is 2.49. The van der Waals surface area contributed by atoms with E-state index in [0.717, 1.165) is 22.9 Å². The number of hydrogen-bond donors (Lipinski definition) is 2. The standard InChI is InChI=1S/C17H23BrN2O/c1-2-14(10-5-7-13(18)8-6-10)20-17(21)15-11-3-4-12(9-11)16(15)19/h5-8,11-12,14-16H,2-4,9,19H2,1H3,(H,20,21). The Morgan fingerprint density at radius 3 is 2.57 bits per heavy atom. The lowest BCUT2D eigenvalue weighted by Crippen LogP contribution is -2.46. The summed E-state index contributed by atoms with van der Waals surface area (Å²) in [6, 6.07) is 8.32. The number of nitrogens with two attached hydrogens (primary N) is 1. The number of hydrogen-bond acceptors (Lipinski definition) is 2.